The van der Waals surface area contributed by atoms with Crippen LogP contribution in [0.4, 0.5) is 5.69 Å². The van der Waals surface area contributed by atoms with E-state index in [9.17, 15) is 9.59 Å². The van der Waals surface area contributed by atoms with Crippen LogP contribution in [-0.4, -0.2) is 25.6 Å². The quantitative estimate of drug-likeness (QED) is 0.354. The molecule has 2 rings (SSSR count). The maximum absolute atomic E-state index is 12.0. The molecule has 28 heavy (non-hydrogen) atoms. The van der Waals surface area contributed by atoms with Crippen LogP contribution in [-0.2, 0) is 9.53 Å². The van der Waals surface area contributed by atoms with E-state index < -0.39 is 0 Å². The maximum atomic E-state index is 12.0. The predicted molar refractivity (Wildman–Crippen MR) is 112 cm³/mol. The Morgan fingerprint density at radius 2 is 1.68 bits per heavy atom. The lowest BCUT2D eigenvalue weighted by Gasteiger charge is -2.06. The van der Waals surface area contributed by atoms with Crippen LogP contribution < -0.4 is 10.1 Å². The molecule has 0 aromatic heterocycles. The summed E-state index contributed by atoms with van der Waals surface area (Å²) in [5, 5.41) is 2.76. The number of ether oxygens (including phenoxy) is 2. The number of rotatable bonds is 10. The topological polar surface area (TPSA) is 64.6 Å². The van der Waals surface area contributed by atoms with Crippen molar-refractivity contribution >= 4 is 23.6 Å². The van der Waals surface area contributed by atoms with E-state index in [-0.39, 0.29) is 11.9 Å². The Morgan fingerprint density at radius 1 is 0.964 bits per heavy atom. The third-order valence-corrected chi connectivity index (χ3v) is 4.16. The molecule has 2 aromatic carbocycles. The number of anilines is 1. The van der Waals surface area contributed by atoms with Gasteiger partial charge in [-0.1, -0.05) is 38.3 Å². The molecule has 0 aliphatic heterocycles. The molecule has 0 aliphatic carbocycles. The highest BCUT2D eigenvalue weighted by atomic mass is 16.5. The van der Waals surface area contributed by atoms with Crippen molar-refractivity contribution in [2.24, 2.45) is 0 Å². The first-order valence-corrected chi connectivity index (χ1v) is 9.52. The van der Waals surface area contributed by atoms with E-state index in [2.05, 4.69) is 12.2 Å². The lowest BCUT2D eigenvalue weighted by atomic mass is 10.2. The highest BCUT2D eigenvalue weighted by Gasteiger charge is 2.07. The van der Waals surface area contributed by atoms with Crippen LogP contribution in [0.2, 0.25) is 0 Å². The lowest BCUT2D eigenvalue weighted by molar-refractivity contribution is -0.111. The normalized spacial score (nSPS) is 10.6. The summed E-state index contributed by atoms with van der Waals surface area (Å²) in [4.78, 5) is 24.0. The minimum absolute atomic E-state index is 0.248. The molecule has 0 unspecified atom stereocenters. The van der Waals surface area contributed by atoms with Gasteiger partial charge in [0.25, 0.3) is 0 Å². The van der Waals surface area contributed by atoms with E-state index in [4.69, 9.17) is 9.47 Å². The second-order valence-electron chi connectivity index (χ2n) is 6.37. The summed E-state index contributed by atoms with van der Waals surface area (Å²) in [7, 11) is 1.61. The number of unbranched alkanes of at least 4 members (excludes halogenated alkanes) is 3. The number of hydrogen-bond acceptors (Lipinski definition) is 4. The van der Waals surface area contributed by atoms with Crippen molar-refractivity contribution in [3.05, 3.63) is 65.7 Å². The second kappa shape index (κ2) is 11.6. The van der Waals surface area contributed by atoms with E-state index >= 15 is 0 Å². The van der Waals surface area contributed by atoms with Crippen molar-refractivity contribution in [2.75, 3.05) is 19.0 Å². The third-order valence-electron chi connectivity index (χ3n) is 4.16. The summed E-state index contributed by atoms with van der Waals surface area (Å²) in [6, 6.07) is 14.1. The number of methoxy groups -OCH3 is 1. The molecule has 1 N–H and O–H groups in total. The number of amides is 1. The summed E-state index contributed by atoms with van der Waals surface area (Å²) in [6.45, 7) is 2.58. The van der Waals surface area contributed by atoms with E-state index in [1.165, 1.54) is 6.08 Å². The maximum Gasteiger partial charge on any atom is 0.338 e. The Morgan fingerprint density at radius 3 is 2.32 bits per heavy atom. The largest absolute Gasteiger partial charge is 0.497 e. The van der Waals surface area contributed by atoms with Gasteiger partial charge in [0, 0.05) is 11.8 Å². The fourth-order valence-electron chi connectivity index (χ4n) is 2.54. The Kier molecular flexibility index (Phi) is 8.79. The molecule has 148 valence electrons. The molecule has 0 heterocycles. The van der Waals surface area contributed by atoms with Crippen molar-refractivity contribution in [1.82, 2.24) is 0 Å². The molecular weight excluding hydrogens is 354 g/mol. The molecule has 0 saturated carbocycles. The van der Waals surface area contributed by atoms with Crippen molar-refractivity contribution < 1.29 is 19.1 Å². The van der Waals surface area contributed by atoms with Crippen LogP contribution in [0, 0.1) is 0 Å². The molecule has 0 radical (unpaired) electrons. The lowest BCUT2D eigenvalue weighted by Crippen LogP contribution is -2.09. The third kappa shape index (κ3) is 7.27. The van der Waals surface area contributed by atoms with E-state index in [0.29, 0.717) is 17.9 Å². The minimum atomic E-state index is -0.339. The Hall–Kier alpha value is -3.08. The number of carbonyl (C=O) groups excluding carboxylic acids is 2. The number of benzene rings is 2. The zero-order valence-electron chi connectivity index (χ0n) is 16.4. The van der Waals surface area contributed by atoms with Crippen LogP contribution >= 0.6 is 0 Å². The summed E-state index contributed by atoms with van der Waals surface area (Å²) < 4.78 is 10.4. The molecular formula is C23H27NO4. The average Bonchev–Trinajstić information content (AvgIpc) is 2.73. The first kappa shape index (κ1) is 21.2. The van der Waals surface area contributed by atoms with Crippen molar-refractivity contribution in [3.63, 3.8) is 0 Å². The second-order valence-corrected chi connectivity index (χ2v) is 6.37. The zero-order valence-corrected chi connectivity index (χ0v) is 16.4. The van der Waals surface area contributed by atoms with E-state index in [1.807, 2.05) is 24.3 Å². The average molecular weight is 381 g/mol. The zero-order chi connectivity index (χ0) is 20.2. The molecule has 0 fully saturated rings. The molecule has 0 bridgehead atoms. The van der Waals surface area contributed by atoms with Gasteiger partial charge in [0.2, 0.25) is 5.91 Å². The Bertz CT molecular complexity index is 779. The van der Waals surface area contributed by atoms with Gasteiger partial charge in [-0.15, -0.1) is 0 Å². The highest BCUT2D eigenvalue weighted by Crippen LogP contribution is 2.13. The molecule has 0 spiro atoms. The van der Waals surface area contributed by atoms with E-state index in [0.717, 1.165) is 37.0 Å². The van der Waals surface area contributed by atoms with Crippen molar-refractivity contribution in [2.45, 2.75) is 32.6 Å². The SMILES string of the molecule is CCCCCCOC(=O)c1ccc(NC(=O)C=Cc2ccc(OC)cc2)cc1. The van der Waals surface area contributed by atoms with Gasteiger partial charge >= 0.3 is 5.97 Å². The Labute approximate surface area is 166 Å². The van der Waals surface area contributed by atoms with Gasteiger partial charge in [0.1, 0.15) is 5.75 Å². The van der Waals surface area contributed by atoms with Gasteiger partial charge < -0.3 is 14.8 Å². The molecule has 0 saturated heterocycles. The van der Waals surface area contributed by atoms with Gasteiger partial charge in [0.05, 0.1) is 19.3 Å². The molecule has 0 atom stereocenters. The standard InChI is InChI=1S/C23H27NO4/c1-3-4-5-6-17-28-23(26)19-10-12-20(13-11-19)24-22(25)16-9-18-7-14-21(27-2)15-8-18/h7-16H,3-6,17H2,1-2H3,(H,24,25). The first-order valence-electron chi connectivity index (χ1n) is 9.52. The van der Waals surface area contributed by atoms with Crippen molar-refractivity contribution in [1.29, 1.82) is 0 Å². The van der Waals surface area contributed by atoms with Crippen LogP contribution in [0.15, 0.2) is 54.6 Å². The molecule has 5 nitrogen and oxygen atoms in total. The fraction of sp³-hybridized carbons (Fsp3) is 0.304. The summed E-state index contributed by atoms with van der Waals surface area (Å²) in [5.74, 6) is 0.178. The first-order chi connectivity index (χ1) is 13.6. The Balaban J connectivity index is 1.81. The summed E-state index contributed by atoms with van der Waals surface area (Å²) in [6.07, 6.45) is 7.43. The number of hydrogen-bond donors (Lipinski definition) is 1. The molecule has 2 aromatic rings. The number of nitrogens with one attached hydrogen (secondary N) is 1. The fourth-order valence-corrected chi connectivity index (χ4v) is 2.54. The highest BCUT2D eigenvalue weighted by molar-refractivity contribution is 6.02. The van der Waals surface area contributed by atoms with Gasteiger partial charge in [0.15, 0.2) is 0 Å². The molecule has 1 amide bonds. The van der Waals surface area contributed by atoms with Gasteiger partial charge in [-0.3, -0.25) is 4.79 Å². The van der Waals surface area contributed by atoms with Gasteiger partial charge in [-0.2, -0.15) is 0 Å². The minimum Gasteiger partial charge on any atom is -0.497 e. The van der Waals surface area contributed by atoms with Crippen LogP contribution in [0.25, 0.3) is 6.08 Å². The van der Waals surface area contributed by atoms with E-state index in [1.54, 1.807) is 37.5 Å². The van der Waals surface area contributed by atoms with Gasteiger partial charge in [-0.25, -0.2) is 4.79 Å². The van der Waals surface area contributed by atoms with Gasteiger partial charge in [-0.05, 0) is 54.5 Å². The summed E-state index contributed by atoms with van der Waals surface area (Å²) in [5.41, 5.74) is 1.99. The van der Waals surface area contributed by atoms with Crippen LogP contribution in [0.5, 0.6) is 5.75 Å². The number of esters is 1. The van der Waals surface area contributed by atoms with Crippen molar-refractivity contribution in [3.8, 4) is 5.75 Å². The van der Waals surface area contributed by atoms with Crippen LogP contribution in [0.3, 0.4) is 0 Å². The molecule has 5 heteroatoms. The summed E-state index contributed by atoms with van der Waals surface area (Å²) >= 11 is 0. The molecule has 0 aliphatic rings. The van der Waals surface area contributed by atoms with Crippen LogP contribution in [0.1, 0.15) is 48.5 Å². The number of carbonyl (C=O) groups is 2. The monoisotopic (exact) mass is 381 g/mol. The smallest absolute Gasteiger partial charge is 0.338 e. The predicted octanol–water partition coefficient (Wildman–Crippen LogP) is 5.08.